The highest BCUT2D eigenvalue weighted by Crippen LogP contribution is 2.43. The minimum absolute atomic E-state index is 2.75. The van der Waals surface area contributed by atoms with Crippen LogP contribution in [-0.4, -0.2) is 34.7 Å². The summed E-state index contributed by atoms with van der Waals surface area (Å²) in [6.45, 7) is 0. The van der Waals surface area contributed by atoms with Crippen molar-refractivity contribution in [3.63, 3.8) is 0 Å². The Bertz CT molecular complexity index is 254. The third-order valence-corrected chi connectivity index (χ3v) is 1.58. The van der Waals surface area contributed by atoms with E-state index < -0.39 is 32.7 Å². The van der Waals surface area contributed by atoms with E-state index in [2.05, 4.69) is 4.52 Å². The second-order valence-corrected chi connectivity index (χ2v) is 3.51. The molecule has 0 aliphatic heterocycles. The van der Waals surface area contributed by atoms with Gasteiger partial charge in [0.05, 0.1) is 0 Å². The third-order valence-electron chi connectivity index (χ3n) is 1.12. The van der Waals surface area contributed by atoms with Crippen molar-refractivity contribution in [2.75, 3.05) is 0 Å². The molecule has 0 spiro atoms. The molecule has 4 nitrogen and oxygen atoms in total. The second kappa shape index (κ2) is 4.69. The number of phosphoric ester groups is 1. The van der Waals surface area contributed by atoms with Gasteiger partial charge in [0.15, 0.2) is 0 Å². The largest absolute Gasteiger partial charge is 0.472 e. The summed E-state index contributed by atoms with van der Waals surface area (Å²) < 4.78 is 84.4. The van der Waals surface area contributed by atoms with Gasteiger partial charge < -0.3 is 9.79 Å². The van der Waals surface area contributed by atoms with Crippen LogP contribution in [0.25, 0.3) is 0 Å². The van der Waals surface area contributed by atoms with Gasteiger partial charge in [-0.15, -0.1) is 0 Å². The van der Waals surface area contributed by atoms with E-state index in [4.69, 9.17) is 9.79 Å². The van der Waals surface area contributed by atoms with Gasteiger partial charge in [-0.05, 0) is 0 Å². The summed E-state index contributed by atoms with van der Waals surface area (Å²) in [5, 5.41) is 0. The summed E-state index contributed by atoms with van der Waals surface area (Å²) in [7, 11) is -5.65. The molecule has 0 aliphatic rings. The minimum Gasteiger partial charge on any atom is -0.303 e. The number of phosphoric acid groups is 1. The van der Waals surface area contributed by atoms with Gasteiger partial charge in [-0.3, -0.25) is 0 Å². The lowest BCUT2D eigenvalue weighted by Gasteiger charge is -2.23. The summed E-state index contributed by atoms with van der Waals surface area (Å²) in [4.78, 5) is 15.8. The molecule has 0 fully saturated rings. The zero-order valence-corrected chi connectivity index (χ0v) is 7.55. The van der Waals surface area contributed by atoms with Gasteiger partial charge in [0, 0.05) is 0 Å². The van der Waals surface area contributed by atoms with Crippen LogP contribution in [0.4, 0.5) is 26.3 Å². The average Bonchev–Trinajstić information content (AvgIpc) is 1.99. The van der Waals surface area contributed by atoms with Gasteiger partial charge in [0.1, 0.15) is 0 Å². The molecule has 0 aromatic carbocycles. The maximum Gasteiger partial charge on any atom is 0.472 e. The molecule has 0 heterocycles. The first-order valence-corrected chi connectivity index (χ1v) is 4.69. The highest BCUT2D eigenvalue weighted by atomic mass is 31.2. The van der Waals surface area contributed by atoms with Gasteiger partial charge >= 0.3 is 13.7 Å². The van der Waals surface area contributed by atoms with Crippen molar-refractivity contribution in [1.29, 1.82) is 0 Å². The fourth-order valence-electron chi connectivity index (χ4n) is 0.484. The fraction of sp³-hybridized carbons (Fsp3) is 1.00. The molecule has 0 bridgehead atoms. The van der Waals surface area contributed by atoms with Gasteiger partial charge in [-0.2, -0.15) is 8.78 Å². The third kappa shape index (κ3) is 4.37. The topological polar surface area (TPSA) is 66.8 Å². The highest BCUT2D eigenvalue weighted by molar-refractivity contribution is 7.46. The zero-order valence-electron chi connectivity index (χ0n) is 6.66. The predicted octanol–water partition coefficient (Wildman–Crippen LogP) is 1.63. The van der Waals surface area contributed by atoms with Crippen LogP contribution in [0.15, 0.2) is 0 Å². The monoisotopic (exact) mass is 262 g/mol. The lowest BCUT2D eigenvalue weighted by atomic mass is 10.2. The van der Waals surface area contributed by atoms with Gasteiger partial charge in [0.25, 0.3) is 12.8 Å². The molecule has 0 radical (unpaired) electrons. The van der Waals surface area contributed by atoms with Crippen LogP contribution in [0.5, 0.6) is 0 Å². The van der Waals surface area contributed by atoms with Crippen molar-refractivity contribution in [2.24, 2.45) is 0 Å². The molecule has 2 unspecified atom stereocenters. The van der Waals surface area contributed by atoms with Gasteiger partial charge in [-0.1, -0.05) is 0 Å². The molecule has 0 rings (SSSR count). The molecule has 0 saturated carbocycles. The molecule has 15 heavy (non-hydrogen) atoms. The van der Waals surface area contributed by atoms with Crippen molar-refractivity contribution >= 4 is 7.82 Å². The van der Waals surface area contributed by atoms with Crippen LogP contribution < -0.4 is 0 Å². The highest BCUT2D eigenvalue weighted by Gasteiger charge is 2.55. The molecule has 0 aromatic rings. The standard InChI is InChI=1S/C4H5F6O4P/c5-1(2(6)7)4(9,10)3(8)14-15(11,12)13/h1-3H,(H2,11,12,13). The first-order chi connectivity index (χ1) is 6.48. The van der Waals surface area contributed by atoms with E-state index in [9.17, 15) is 30.9 Å². The van der Waals surface area contributed by atoms with Crippen molar-refractivity contribution in [3.8, 4) is 0 Å². The summed E-state index contributed by atoms with van der Waals surface area (Å²) in [5.74, 6) is -5.35. The van der Waals surface area contributed by atoms with E-state index in [1.807, 2.05) is 0 Å². The number of rotatable bonds is 5. The molecule has 0 aliphatic carbocycles. The fourth-order valence-corrected chi connectivity index (χ4v) is 0.866. The number of hydrogen-bond acceptors (Lipinski definition) is 2. The molecule has 11 heteroatoms. The number of halogens is 6. The molecule has 0 saturated heterocycles. The quantitative estimate of drug-likeness (QED) is 0.583. The molecule has 0 aromatic heterocycles. The van der Waals surface area contributed by atoms with E-state index in [-0.39, 0.29) is 0 Å². The van der Waals surface area contributed by atoms with E-state index in [1.165, 1.54) is 0 Å². The molecular weight excluding hydrogens is 257 g/mol. The summed E-state index contributed by atoms with van der Waals surface area (Å²) in [6.07, 6.45) is -12.6. The lowest BCUT2D eigenvalue weighted by molar-refractivity contribution is -0.219. The minimum atomic E-state index is -5.65. The van der Waals surface area contributed by atoms with Crippen LogP contribution in [0, 0.1) is 0 Å². The first kappa shape index (κ1) is 14.7. The molecule has 0 amide bonds. The van der Waals surface area contributed by atoms with Crippen LogP contribution >= 0.6 is 7.82 Å². The first-order valence-electron chi connectivity index (χ1n) is 3.16. The van der Waals surface area contributed by atoms with Crippen LogP contribution in [-0.2, 0) is 9.09 Å². The van der Waals surface area contributed by atoms with Crippen molar-refractivity contribution in [1.82, 2.24) is 0 Å². The Balaban J connectivity index is 4.65. The maximum absolute atomic E-state index is 12.3. The molecular formula is C4H5F6O4P. The van der Waals surface area contributed by atoms with Crippen LogP contribution in [0.2, 0.25) is 0 Å². The van der Waals surface area contributed by atoms with Gasteiger partial charge in [-0.25, -0.2) is 26.7 Å². The summed E-state index contributed by atoms with van der Waals surface area (Å²) >= 11 is 0. The van der Waals surface area contributed by atoms with E-state index >= 15 is 0 Å². The maximum atomic E-state index is 12.3. The van der Waals surface area contributed by atoms with Crippen molar-refractivity contribution < 1.29 is 45.2 Å². The Morgan fingerprint density at radius 1 is 1.13 bits per heavy atom. The van der Waals surface area contributed by atoms with E-state index in [0.29, 0.717) is 0 Å². The Morgan fingerprint density at radius 3 is 1.80 bits per heavy atom. The average molecular weight is 262 g/mol. The van der Waals surface area contributed by atoms with E-state index in [0.717, 1.165) is 0 Å². The smallest absolute Gasteiger partial charge is 0.303 e. The normalized spacial score (nSPS) is 17.9. The predicted molar refractivity (Wildman–Crippen MR) is 33.9 cm³/mol. The lowest BCUT2D eigenvalue weighted by Crippen LogP contribution is -2.44. The Morgan fingerprint density at radius 2 is 1.53 bits per heavy atom. The number of alkyl halides is 6. The summed E-state index contributed by atoms with van der Waals surface area (Å²) in [6, 6.07) is 0. The second-order valence-electron chi connectivity index (χ2n) is 2.32. The summed E-state index contributed by atoms with van der Waals surface area (Å²) in [5.41, 5.74) is 0. The Hall–Kier alpha value is -0.310. The zero-order chi connectivity index (χ0) is 12.4. The number of hydrogen-bond donors (Lipinski definition) is 2. The Labute approximate surface area is 79.1 Å². The van der Waals surface area contributed by atoms with E-state index in [1.54, 1.807) is 0 Å². The van der Waals surface area contributed by atoms with Gasteiger partial charge in [0.2, 0.25) is 6.17 Å². The molecule has 92 valence electrons. The molecule has 2 N–H and O–H groups in total. The van der Waals surface area contributed by atoms with Crippen LogP contribution in [0.1, 0.15) is 0 Å². The Kier molecular flexibility index (Phi) is 4.59. The van der Waals surface area contributed by atoms with Crippen LogP contribution in [0.3, 0.4) is 0 Å². The van der Waals surface area contributed by atoms with Crippen molar-refractivity contribution in [2.45, 2.75) is 24.9 Å². The SMILES string of the molecule is O=P(O)(O)OC(F)C(F)(F)C(F)C(F)F. The van der Waals surface area contributed by atoms with Crippen molar-refractivity contribution in [3.05, 3.63) is 0 Å². The molecule has 2 atom stereocenters.